The van der Waals surface area contributed by atoms with E-state index in [1.165, 1.54) is 18.2 Å². The van der Waals surface area contributed by atoms with Crippen molar-refractivity contribution in [3.8, 4) is 16.9 Å². The summed E-state index contributed by atoms with van der Waals surface area (Å²) >= 11 is 0. The normalized spacial score (nSPS) is 15.9. The minimum Gasteiger partial charge on any atom is -0.482 e. The van der Waals surface area contributed by atoms with Gasteiger partial charge in [0.25, 0.3) is 5.91 Å². The van der Waals surface area contributed by atoms with Gasteiger partial charge in [0.2, 0.25) is 0 Å². The molecule has 32 heavy (non-hydrogen) atoms. The van der Waals surface area contributed by atoms with Crippen LogP contribution < -0.4 is 10.5 Å². The summed E-state index contributed by atoms with van der Waals surface area (Å²) in [5.74, 6) is -0.156. The number of pyridine rings is 3. The number of carbonyl (C=O) groups is 1. The first-order chi connectivity index (χ1) is 15.4. The molecule has 0 radical (unpaired) electrons. The first-order valence-electron chi connectivity index (χ1n) is 10.1. The van der Waals surface area contributed by atoms with Gasteiger partial charge >= 0.3 is 0 Å². The van der Waals surface area contributed by atoms with Crippen LogP contribution in [0.4, 0.5) is 10.2 Å². The average Bonchev–Trinajstić information content (AvgIpc) is 2.79. The summed E-state index contributed by atoms with van der Waals surface area (Å²) < 4.78 is 20.1. The van der Waals surface area contributed by atoms with Gasteiger partial charge in [-0.25, -0.2) is 9.37 Å². The number of halogens is 1. The fraction of sp³-hybridized carbons (Fsp3) is 0.167. The number of hydrogen-bond donors (Lipinski definition) is 1. The molecule has 3 aromatic heterocycles. The molecule has 0 spiro atoms. The molecule has 0 unspecified atom stereocenters. The first kappa shape index (κ1) is 19.9. The highest BCUT2D eigenvalue weighted by Crippen LogP contribution is 2.36. The van der Waals surface area contributed by atoms with Gasteiger partial charge in [-0.3, -0.25) is 14.8 Å². The number of fused-ring (bicyclic) bond motifs is 7. The van der Waals surface area contributed by atoms with E-state index in [9.17, 15) is 9.18 Å². The Morgan fingerprint density at radius 2 is 2.00 bits per heavy atom. The maximum absolute atomic E-state index is 14.1. The number of amides is 1. The van der Waals surface area contributed by atoms with Crippen molar-refractivity contribution in [1.29, 1.82) is 0 Å². The monoisotopic (exact) mass is 429 g/mol. The smallest absolute Gasteiger partial charge is 0.254 e. The lowest BCUT2D eigenvalue weighted by atomic mass is 9.98. The van der Waals surface area contributed by atoms with Crippen LogP contribution >= 0.6 is 0 Å². The topological polar surface area (TPSA) is 94.2 Å². The van der Waals surface area contributed by atoms with E-state index < -0.39 is 11.9 Å². The molecule has 8 heteroatoms. The highest BCUT2D eigenvalue weighted by molar-refractivity contribution is 5.97. The number of nitrogen functional groups attached to an aromatic ring is 1. The van der Waals surface area contributed by atoms with Gasteiger partial charge in [-0.1, -0.05) is 0 Å². The number of aromatic nitrogens is 3. The quantitative estimate of drug-likeness (QED) is 0.452. The van der Waals surface area contributed by atoms with Crippen molar-refractivity contribution in [3.05, 3.63) is 77.5 Å². The number of anilines is 1. The minimum atomic E-state index is -0.636. The average molecular weight is 429 g/mol. The molecule has 4 aromatic rings. The van der Waals surface area contributed by atoms with Crippen LogP contribution in [0.3, 0.4) is 0 Å². The largest absolute Gasteiger partial charge is 0.482 e. The second kappa shape index (κ2) is 7.56. The van der Waals surface area contributed by atoms with Gasteiger partial charge in [-0.2, -0.15) is 0 Å². The van der Waals surface area contributed by atoms with Gasteiger partial charge < -0.3 is 15.4 Å². The van der Waals surface area contributed by atoms with Gasteiger partial charge in [0, 0.05) is 54.4 Å². The van der Waals surface area contributed by atoms with Gasteiger partial charge in [0.05, 0.1) is 11.0 Å². The molecule has 4 heterocycles. The lowest BCUT2D eigenvalue weighted by Gasteiger charge is -2.25. The number of ether oxygens (including phenoxy) is 1. The summed E-state index contributed by atoms with van der Waals surface area (Å²) in [5.41, 5.74) is 10.6. The second-order valence-electron chi connectivity index (χ2n) is 7.79. The van der Waals surface area contributed by atoms with Gasteiger partial charge in [-0.05, 0) is 48.9 Å². The van der Waals surface area contributed by atoms with Crippen LogP contribution in [-0.2, 0) is 6.54 Å². The third-order valence-corrected chi connectivity index (χ3v) is 5.61. The van der Waals surface area contributed by atoms with Crippen LogP contribution in [0.5, 0.6) is 5.75 Å². The standard InChI is InChI=1S/C24H20FN5O2/c1-13-18-9-16(25)5-6-17(18)24(31)30(2)12-15-11-28-19-4-3-7-27-22(19)21(15)14-8-20(32-13)23(26)29-10-14/h3-11,13H,12H2,1-2H3,(H2,26,29)/t13-/m1/s1. The fourth-order valence-corrected chi connectivity index (χ4v) is 4.04. The zero-order valence-corrected chi connectivity index (χ0v) is 17.5. The minimum absolute atomic E-state index is 0.201. The van der Waals surface area contributed by atoms with E-state index in [1.807, 2.05) is 12.1 Å². The molecule has 7 nitrogen and oxygen atoms in total. The Labute approximate surface area is 183 Å². The van der Waals surface area contributed by atoms with Crippen molar-refractivity contribution in [3.63, 3.8) is 0 Å². The van der Waals surface area contributed by atoms with Gasteiger partial charge in [0.1, 0.15) is 11.9 Å². The van der Waals surface area contributed by atoms with E-state index >= 15 is 0 Å². The molecule has 1 aliphatic heterocycles. The first-order valence-corrected chi connectivity index (χ1v) is 10.1. The Bertz CT molecular complexity index is 1370. The molecule has 1 aliphatic rings. The van der Waals surface area contributed by atoms with Crippen molar-refractivity contribution >= 4 is 22.8 Å². The zero-order chi connectivity index (χ0) is 22.4. The van der Waals surface area contributed by atoms with E-state index in [0.717, 1.165) is 22.2 Å². The van der Waals surface area contributed by atoms with Gasteiger partial charge in [-0.15, -0.1) is 0 Å². The van der Waals surface area contributed by atoms with Crippen LogP contribution in [0.25, 0.3) is 22.2 Å². The number of hydrogen-bond acceptors (Lipinski definition) is 6. The molecule has 0 fully saturated rings. The van der Waals surface area contributed by atoms with Crippen LogP contribution in [0.15, 0.2) is 55.0 Å². The highest BCUT2D eigenvalue weighted by Gasteiger charge is 2.25. The molecule has 5 rings (SSSR count). The number of benzene rings is 1. The summed E-state index contributed by atoms with van der Waals surface area (Å²) in [7, 11) is 1.70. The Kier molecular flexibility index (Phi) is 4.70. The lowest BCUT2D eigenvalue weighted by Crippen LogP contribution is -2.28. The fourth-order valence-electron chi connectivity index (χ4n) is 4.04. The summed E-state index contributed by atoms with van der Waals surface area (Å²) in [5, 5.41) is 0. The maximum atomic E-state index is 14.1. The van der Waals surface area contributed by atoms with E-state index in [4.69, 9.17) is 10.5 Å². The predicted octanol–water partition coefficient (Wildman–Crippen LogP) is 4.14. The SMILES string of the molecule is C[C@H]1Oc2cc(cnc2N)-c2c(cnc3cccnc23)CN(C)C(=O)c2ccc(F)cc21. The molecular formula is C24H20FN5O2. The third kappa shape index (κ3) is 3.30. The molecule has 1 aromatic carbocycles. The Morgan fingerprint density at radius 3 is 2.84 bits per heavy atom. The molecule has 1 atom stereocenters. The van der Waals surface area contributed by atoms with E-state index in [0.29, 0.717) is 22.4 Å². The number of nitrogens with two attached hydrogens (primary N) is 1. The molecule has 0 saturated heterocycles. The van der Waals surface area contributed by atoms with Crippen molar-refractivity contribution in [2.24, 2.45) is 0 Å². The number of carbonyl (C=O) groups excluding carboxylic acids is 1. The zero-order valence-electron chi connectivity index (χ0n) is 17.5. The van der Waals surface area contributed by atoms with Crippen molar-refractivity contribution in [2.45, 2.75) is 19.6 Å². The van der Waals surface area contributed by atoms with E-state index in [1.54, 1.807) is 43.5 Å². The molecule has 0 saturated carbocycles. The summed E-state index contributed by atoms with van der Waals surface area (Å²) in [4.78, 5) is 28.3. The van der Waals surface area contributed by atoms with Crippen molar-refractivity contribution < 1.29 is 13.9 Å². The van der Waals surface area contributed by atoms with E-state index in [-0.39, 0.29) is 18.3 Å². The van der Waals surface area contributed by atoms with Gasteiger partial charge in [0.15, 0.2) is 11.6 Å². The maximum Gasteiger partial charge on any atom is 0.254 e. The summed E-state index contributed by atoms with van der Waals surface area (Å²) in [6.07, 6.45) is 4.45. The Morgan fingerprint density at radius 1 is 1.16 bits per heavy atom. The molecule has 0 aliphatic carbocycles. The molecule has 2 bridgehead atoms. The van der Waals surface area contributed by atoms with Crippen LogP contribution in [0.1, 0.15) is 34.5 Å². The molecular weight excluding hydrogens is 409 g/mol. The predicted molar refractivity (Wildman–Crippen MR) is 118 cm³/mol. The third-order valence-electron chi connectivity index (χ3n) is 5.61. The second-order valence-corrected chi connectivity index (χ2v) is 7.79. The lowest BCUT2D eigenvalue weighted by molar-refractivity contribution is 0.0780. The summed E-state index contributed by atoms with van der Waals surface area (Å²) in [6, 6.07) is 9.57. The highest BCUT2D eigenvalue weighted by atomic mass is 19.1. The Hall–Kier alpha value is -4.07. The molecule has 2 N–H and O–H groups in total. The summed E-state index contributed by atoms with van der Waals surface area (Å²) in [6.45, 7) is 2.03. The Balaban J connectivity index is 1.78. The van der Waals surface area contributed by atoms with Crippen LogP contribution in [0, 0.1) is 5.82 Å². The van der Waals surface area contributed by atoms with Crippen molar-refractivity contribution in [1.82, 2.24) is 19.9 Å². The van der Waals surface area contributed by atoms with Crippen LogP contribution in [-0.4, -0.2) is 32.8 Å². The molecule has 160 valence electrons. The van der Waals surface area contributed by atoms with E-state index in [2.05, 4.69) is 15.0 Å². The van der Waals surface area contributed by atoms with Crippen LogP contribution in [0.2, 0.25) is 0 Å². The number of nitrogens with zero attached hydrogens (tertiary/aromatic N) is 4. The molecule has 1 amide bonds. The number of rotatable bonds is 0. The van der Waals surface area contributed by atoms with Crippen molar-refractivity contribution in [2.75, 3.05) is 12.8 Å².